The largest absolute Gasteiger partial charge is 0.349 e. The highest BCUT2D eigenvalue weighted by atomic mass is 16.1. The lowest BCUT2D eigenvalue weighted by Gasteiger charge is -2.29. The van der Waals surface area contributed by atoms with Gasteiger partial charge in [-0.2, -0.15) is 5.10 Å². The molecular weight excluding hydrogens is 384 g/mol. The molecule has 2 aromatic carbocycles. The van der Waals surface area contributed by atoms with Gasteiger partial charge in [-0.15, -0.1) is 0 Å². The molecule has 1 amide bonds. The number of nitrogens with one attached hydrogen (secondary N) is 2. The Balaban J connectivity index is 1.54. The molecule has 2 N–H and O–H groups in total. The first kappa shape index (κ1) is 21.3. The fourth-order valence-corrected chi connectivity index (χ4v) is 4.40. The summed E-state index contributed by atoms with van der Waals surface area (Å²) in [4.78, 5) is 14.9. The van der Waals surface area contributed by atoms with Gasteiger partial charge in [0.15, 0.2) is 0 Å². The van der Waals surface area contributed by atoms with E-state index in [1.165, 1.54) is 24.1 Å². The topological polar surface area (TPSA) is 51.4 Å². The summed E-state index contributed by atoms with van der Waals surface area (Å²) in [5, 5.41) is 8.10. The molecule has 0 atom stereocenters. The van der Waals surface area contributed by atoms with E-state index in [0.717, 1.165) is 37.2 Å². The SMILES string of the molecule is CCC[NH+]1CCC(NC(=O)c2cn(Cc3ccccc3)nc2-c2ccc(C)cc2)CC1. The second kappa shape index (κ2) is 9.92. The maximum Gasteiger partial charge on any atom is 0.255 e. The highest BCUT2D eigenvalue weighted by Crippen LogP contribution is 2.23. The minimum atomic E-state index is -0.0150. The molecule has 0 spiro atoms. The van der Waals surface area contributed by atoms with Crippen LogP contribution in [0.3, 0.4) is 0 Å². The Hall–Kier alpha value is -2.92. The van der Waals surface area contributed by atoms with E-state index in [4.69, 9.17) is 5.10 Å². The molecule has 1 aliphatic rings. The lowest BCUT2D eigenvalue weighted by atomic mass is 10.0. The number of amides is 1. The van der Waals surface area contributed by atoms with E-state index >= 15 is 0 Å². The van der Waals surface area contributed by atoms with Gasteiger partial charge >= 0.3 is 0 Å². The molecule has 1 fully saturated rings. The fourth-order valence-electron chi connectivity index (χ4n) is 4.40. The normalized spacial score (nSPS) is 18.6. The van der Waals surface area contributed by atoms with Crippen molar-refractivity contribution < 1.29 is 9.69 Å². The van der Waals surface area contributed by atoms with E-state index in [0.29, 0.717) is 12.1 Å². The van der Waals surface area contributed by atoms with Gasteiger partial charge < -0.3 is 10.2 Å². The highest BCUT2D eigenvalue weighted by molar-refractivity contribution is 6.00. The van der Waals surface area contributed by atoms with Crippen molar-refractivity contribution >= 4 is 5.91 Å². The van der Waals surface area contributed by atoms with Crippen molar-refractivity contribution in [3.05, 3.63) is 77.5 Å². The number of rotatable bonds is 7. The van der Waals surface area contributed by atoms with E-state index in [-0.39, 0.29) is 11.9 Å². The Morgan fingerprint density at radius 2 is 1.81 bits per heavy atom. The van der Waals surface area contributed by atoms with E-state index in [2.05, 4.69) is 43.4 Å². The van der Waals surface area contributed by atoms with Crippen LogP contribution in [0.2, 0.25) is 0 Å². The lowest BCUT2D eigenvalue weighted by Crippen LogP contribution is -3.13. The highest BCUT2D eigenvalue weighted by Gasteiger charge is 2.25. The molecular formula is C26H33N4O+. The van der Waals surface area contributed by atoms with Gasteiger partial charge in [-0.3, -0.25) is 9.48 Å². The summed E-state index contributed by atoms with van der Waals surface area (Å²) in [5.74, 6) is -0.0150. The van der Waals surface area contributed by atoms with E-state index in [1.54, 1.807) is 4.90 Å². The van der Waals surface area contributed by atoms with Crippen LogP contribution in [0, 0.1) is 6.92 Å². The molecule has 1 saturated heterocycles. The second-order valence-corrected chi connectivity index (χ2v) is 8.69. The van der Waals surface area contributed by atoms with Crippen LogP contribution in [0.1, 0.15) is 47.7 Å². The summed E-state index contributed by atoms with van der Waals surface area (Å²) in [5.41, 5.74) is 4.74. The van der Waals surface area contributed by atoms with Gasteiger partial charge in [0.25, 0.3) is 5.91 Å². The molecule has 5 nitrogen and oxygen atoms in total. The molecule has 5 heteroatoms. The van der Waals surface area contributed by atoms with Gasteiger partial charge in [0.2, 0.25) is 0 Å². The van der Waals surface area contributed by atoms with Crippen molar-refractivity contribution in [3.8, 4) is 11.3 Å². The zero-order valence-corrected chi connectivity index (χ0v) is 18.6. The Morgan fingerprint density at radius 3 is 2.48 bits per heavy atom. The molecule has 31 heavy (non-hydrogen) atoms. The number of aryl methyl sites for hydroxylation is 1. The van der Waals surface area contributed by atoms with Crippen molar-refractivity contribution in [3.63, 3.8) is 0 Å². The smallest absolute Gasteiger partial charge is 0.255 e. The van der Waals surface area contributed by atoms with Crippen molar-refractivity contribution in [1.29, 1.82) is 0 Å². The Kier molecular flexibility index (Phi) is 6.82. The van der Waals surface area contributed by atoms with Gasteiger partial charge in [-0.1, -0.05) is 67.1 Å². The fraction of sp³-hybridized carbons (Fsp3) is 0.385. The molecule has 1 aromatic heterocycles. The zero-order valence-electron chi connectivity index (χ0n) is 18.6. The number of benzene rings is 2. The van der Waals surface area contributed by atoms with Crippen molar-refractivity contribution in [2.75, 3.05) is 19.6 Å². The van der Waals surface area contributed by atoms with Gasteiger partial charge in [0.1, 0.15) is 5.69 Å². The summed E-state index contributed by atoms with van der Waals surface area (Å²) in [6, 6.07) is 18.7. The third-order valence-electron chi connectivity index (χ3n) is 6.15. The Bertz CT molecular complexity index is 986. The van der Waals surface area contributed by atoms with Gasteiger partial charge in [0, 0.05) is 30.6 Å². The second-order valence-electron chi connectivity index (χ2n) is 8.69. The molecule has 1 aliphatic heterocycles. The minimum absolute atomic E-state index is 0.0150. The summed E-state index contributed by atoms with van der Waals surface area (Å²) >= 11 is 0. The van der Waals surface area contributed by atoms with E-state index in [9.17, 15) is 4.79 Å². The third-order valence-corrected chi connectivity index (χ3v) is 6.15. The van der Waals surface area contributed by atoms with Gasteiger partial charge in [-0.05, 0) is 18.9 Å². The van der Waals surface area contributed by atoms with Crippen LogP contribution in [-0.2, 0) is 6.54 Å². The molecule has 0 unspecified atom stereocenters. The first-order chi connectivity index (χ1) is 15.1. The standard InChI is InChI=1S/C26H32N4O/c1-3-15-29-16-13-23(14-17-29)27-26(31)24-19-30(18-21-7-5-4-6-8-21)28-25(24)22-11-9-20(2)10-12-22/h4-12,19,23H,3,13-18H2,1-2H3,(H,27,31)/p+1. The van der Waals surface area contributed by atoms with Crippen LogP contribution in [0.5, 0.6) is 0 Å². The number of aromatic nitrogens is 2. The number of hydrogen-bond donors (Lipinski definition) is 2. The number of carbonyl (C=O) groups excluding carboxylic acids is 1. The minimum Gasteiger partial charge on any atom is -0.349 e. The summed E-state index contributed by atoms with van der Waals surface area (Å²) in [6.07, 6.45) is 5.19. The van der Waals surface area contributed by atoms with Crippen LogP contribution in [0.4, 0.5) is 0 Å². The van der Waals surface area contributed by atoms with Gasteiger partial charge in [-0.25, -0.2) is 0 Å². The predicted octanol–water partition coefficient (Wildman–Crippen LogP) is 3.09. The third kappa shape index (κ3) is 5.42. The Labute approximate surface area is 185 Å². The summed E-state index contributed by atoms with van der Waals surface area (Å²) in [6.45, 7) is 8.45. The number of likely N-dealkylation sites (tertiary alicyclic amines) is 1. The molecule has 2 heterocycles. The maximum atomic E-state index is 13.3. The average Bonchev–Trinajstić information content (AvgIpc) is 3.20. The van der Waals surface area contributed by atoms with Crippen molar-refractivity contribution in [2.45, 2.75) is 45.7 Å². The van der Waals surface area contributed by atoms with Crippen LogP contribution in [0.25, 0.3) is 11.3 Å². The number of piperidine rings is 1. The molecule has 0 aliphatic carbocycles. The molecule has 4 rings (SSSR count). The number of hydrogen-bond acceptors (Lipinski definition) is 2. The number of carbonyl (C=O) groups is 1. The monoisotopic (exact) mass is 417 g/mol. The van der Waals surface area contributed by atoms with Gasteiger partial charge in [0.05, 0.1) is 31.7 Å². The van der Waals surface area contributed by atoms with Crippen LogP contribution >= 0.6 is 0 Å². The predicted molar refractivity (Wildman–Crippen MR) is 124 cm³/mol. The van der Waals surface area contributed by atoms with E-state index < -0.39 is 0 Å². The average molecular weight is 418 g/mol. The number of quaternary nitrogens is 1. The first-order valence-electron chi connectivity index (χ1n) is 11.4. The van der Waals surface area contributed by atoms with Crippen LogP contribution in [0.15, 0.2) is 60.8 Å². The van der Waals surface area contributed by atoms with Crippen LogP contribution in [-0.4, -0.2) is 41.4 Å². The molecule has 3 aromatic rings. The first-order valence-corrected chi connectivity index (χ1v) is 11.4. The lowest BCUT2D eigenvalue weighted by molar-refractivity contribution is -0.905. The summed E-state index contributed by atoms with van der Waals surface area (Å²) in [7, 11) is 0. The quantitative estimate of drug-likeness (QED) is 0.621. The number of nitrogens with zero attached hydrogens (tertiary/aromatic N) is 2. The maximum absolute atomic E-state index is 13.3. The molecule has 0 saturated carbocycles. The van der Waals surface area contributed by atoms with E-state index in [1.807, 2.05) is 41.2 Å². The van der Waals surface area contributed by atoms with Crippen LogP contribution < -0.4 is 10.2 Å². The Morgan fingerprint density at radius 1 is 1.10 bits per heavy atom. The van der Waals surface area contributed by atoms with Crippen molar-refractivity contribution in [2.24, 2.45) is 0 Å². The summed E-state index contributed by atoms with van der Waals surface area (Å²) < 4.78 is 1.88. The molecule has 0 bridgehead atoms. The molecule has 0 radical (unpaired) electrons. The van der Waals surface area contributed by atoms with Crippen molar-refractivity contribution in [1.82, 2.24) is 15.1 Å². The zero-order chi connectivity index (χ0) is 21.6. The molecule has 162 valence electrons.